The minimum Gasteiger partial charge on any atom is -0.357 e. The number of nitrogens with zero attached hydrogens (tertiary/aromatic N) is 2. The summed E-state index contributed by atoms with van der Waals surface area (Å²) in [6.45, 7) is 13.2. The lowest BCUT2D eigenvalue weighted by molar-refractivity contribution is 0.206. The van der Waals surface area contributed by atoms with E-state index in [0.717, 1.165) is 49.7 Å². The molecule has 1 aliphatic rings. The fraction of sp³-hybridized carbons (Fsp3) is 0.636. The van der Waals surface area contributed by atoms with E-state index in [2.05, 4.69) is 40.0 Å². The lowest BCUT2D eigenvalue weighted by atomic mass is 10.1. The highest BCUT2D eigenvalue weighted by Crippen LogP contribution is 2.12. The normalized spacial score (nSPS) is 16.0. The zero-order chi connectivity index (χ0) is 21.1. The molecule has 2 amide bonds. The predicted octanol–water partition coefficient (Wildman–Crippen LogP) is 3.15. The van der Waals surface area contributed by atoms with E-state index in [1.165, 1.54) is 13.0 Å². The summed E-state index contributed by atoms with van der Waals surface area (Å²) in [6, 6.07) is 8.23. The fourth-order valence-electron chi connectivity index (χ4n) is 3.42. The second kappa shape index (κ2) is 12.3. The van der Waals surface area contributed by atoms with Gasteiger partial charge in [-0.05, 0) is 64.3 Å². The number of rotatable bonds is 8. The smallest absolute Gasteiger partial charge is 0.319 e. The van der Waals surface area contributed by atoms with Gasteiger partial charge in [-0.25, -0.2) is 9.79 Å². The summed E-state index contributed by atoms with van der Waals surface area (Å²) in [6.07, 6.45) is 3.53. The molecule has 1 aliphatic heterocycles. The van der Waals surface area contributed by atoms with Gasteiger partial charge in [-0.2, -0.15) is 0 Å². The van der Waals surface area contributed by atoms with Crippen molar-refractivity contribution in [2.45, 2.75) is 65.6 Å². The molecule has 1 heterocycles. The second-order valence-corrected chi connectivity index (χ2v) is 7.91. The Hall–Kier alpha value is -2.28. The van der Waals surface area contributed by atoms with Gasteiger partial charge in [-0.3, -0.25) is 0 Å². The highest BCUT2D eigenvalue weighted by Gasteiger charge is 2.19. The summed E-state index contributed by atoms with van der Waals surface area (Å²) in [5.41, 5.74) is 1.88. The molecule has 0 atom stereocenters. The Labute approximate surface area is 175 Å². The molecule has 29 heavy (non-hydrogen) atoms. The van der Waals surface area contributed by atoms with Crippen molar-refractivity contribution in [1.82, 2.24) is 20.9 Å². The van der Waals surface area contributed by atoms with Gasteiger partial charge in [0.2, 0.25) is 0 Å². The third-order valence-electron chi connectivity index (χ3n) is 4.86. The van der Waals surface area contributed by atoms with Crippen LogP contribution in [0.2, 0.25) is 0 Å². The van der Waals surface area contributed by atoms with Gasteiger partial charge < -0.3 is 26.2 Å². The van der Waals surface area contributed by atoms with Crippen LogP contribution in [0.1, 0.15) is 52.5 Å². The monoisotopic (exact) mass is 402 g/mol. The zero-order valence-electron chi connectivity index (χ0n) is 18.4. The number of guanidine groups is 1. The van der Waals surface area contributed by atoms with Crippen molar-refractivity contribution in [3.63, 3.8) is 0 Å². The number of piperidine rings is 1. The van der Waals surface area contributed by atoms with Crippen molar-refractivity contribution >= 4 is 17.7 Å². The van der Waals surface area contributed by atoms with Crippen LogP contribution in [-0.4, -0.2) is 55.2 Å². The van der Waals surface area contributed by atoms with Gasteiger partial charge in [-0.15, -0.1) is 0 Å². The average Bonchev–Trinajstić information content (AvgIpc) is 2.68. The first-order valence-electron chi connectivity index (χ1n) is 10.9. The molecular formula is C22H38N6O. The molecule has 1 aromatic carbocycles. The van der Waals surface area contributed by atoms with E-state index in [1.54, 1.807) is 0 Å². The van der Waals surface area contributed by atoms with E-state index < -0.39 is 0 Å². The van der Waals surface area contributed by atoms with Crippen LogP contribution in [0.15, 0.2) is 29.3 Å². The Morgan fingerprint density at radius 2 is 1.86 bits per heavy atom. The summed E-state index contributed by atoms with van der Waals surface area (Å²) < 4.78 is 0. The van der Waals surface area contributed by atoms with Crippen LogP contribution in [0, 0.1) is 0 Å². The zero-order valence-corrected chi connectivity index (χ0v) is 18.4. The summed E-state index contributed by atoms with van der Waals surface area (Å²) >= 11 is 0. The molecule has 0 saturated carbocycles. The Morgan fingerprint density at radius 1 is 1.17 bits per heavy atom. The van der Waals surface area contributed by atoms with Gasteiger partial charge >= 0.3 is 6.03 Å². The summed E-state index contributed by atoms with van der Waals surface area (Å²) in [5.74, 6) is 0.875. The van der Waals surface area contributed by atoms with Gasteiger partial charge in [0.05, 0.1) is 6.54 Å². The summed E-state index contributed by atoms with van der Waals surface area (Å²) in [7, 11) is 0. The standard InChI is InChI=1S/C22H38N6O/c1-5-13-28-14-11-20(12-15-28)26-21(23-6-2)24-16-18-7-9-19(10-8-18)27-22(29)25-17(3)4/h7-10,17,20H,5-6,11-16H2,1-4H3,(H2,23,24,26)(H2,25,27,29). The van der Waals surface area contributed by atoms with E-state index in [9.17, 15) is 4.79 Å². The highest BCUT2D eigenvalue weighted by atomic mass is 16.2. The number of amides is 2. The van der Waals surface area contributed by atoms with Crippen molar-refractivity contribution in [3.8, 4) is 0 Å². The predicted molar refractivity (Wildman–Crippen MR) is 121 cm³/mol. The maximum Gasteiger partial charge on any atom is 0.319 e. The molecule has 0 aromatic heterocycles. The Kier molecular flexibility index (Phi) is 9.77. The first-order valence-corrected chi connectivity index (χ1v) is 10.9. The van der Waals surface area contributed by atoms with Crippen LogP contribution in [0.4, 0.5) is 10.5 Å². The van der Waals surface area contributed by atoms with E-state index in [-0.39, 0.29) is 12.1 Å². The number of hydrogen-bond donors (Lipinski definition) is 4. The molecule has 4 N–H and O–H groups in total. The molecule has 1 fully saturated rings. The third kappa shape index (κ3) is 8.73. The molecular weight excluding hydrogens is 364 g/mol. The molecule has 162 valence electrons. The first kappa shape index (κ1) is 23.0. The van der Waals surface area contributed by atoms with Crippen molar-refractivity contribution in [3.05, 3.63) is 29.8 Å². The Balaban J connectivity index is 1.85. The van der Waals surface area contributed by atoms with Gasteiger partial charge in [0.25, 0.3) is 0 Å². The molecule has 1 aromatic rings. The number of carbonyl (C=O) groups excluding carboxylic acids is 1. The lowest BCUT2D eigenvalue weighted by Crippen LogP contribution is -2.48. The molecule has 2 rings (SSSR count). The number of urea groups is 1. The average molecular weight is 403 g/mol. The number of nitrogens with one attached hydrogen (secondary N) is 4. The number of carbonyl (C=O) groups is 1. The largest absolute Gasteiger partial charge is 0.357 e. The topological polar surface area (TPSA) is 80.8 Å². The number of aliphatic imine (C=N–C) groups is 1. The number of anilines is 1. The molecule has 0 radical (unpaired) electrons. The van der Waals surface area contributed by atoms with E-state index in [4.69, 9.17) is 4.99 Å². The van der Waals surface area contributed by atoms with Crippen LogP contribution < -0.4 is 21.3 Å². The first-order chi connectivity index (χ1) is 14.0. The van der Waals surface area contributed by atoms with Crippen molar-refractivity contribution in [2.24, 2.45) is 4.99 Å². The molecule has 0 spiro atoms. The maximum atomic E-state index is 11.8. The summed E-state index contributed by atoms with van der Waals surface area (Å²) in [5, 5.41) is 12.6. The number of hydrogen-bond acceptors (Lipinski definition) is 3. The van der Waals surface area contributed by atoms with E-state index in [1.807, 2.05) is 38.1 Å². The van der Waals surface area contributed by atoms with Crippen LogP contribution >= 0.6 is 0 Å². The Bertz CT molecular complexity index is 635. The maximum absolute atomic E-state index is 11.8. The molecule has 1 saturated heterocycles. The van der Waals surface area contributed by atoms with E-state index in [0.29, 0.717) is 12.6 Å². The molecule has 0 unspecified atom stereocenters. The van der Waals surface area contributed by atoms with Crippen molar-refractivity contribution in [2.75, 3.05) is 31.5 Å². The van der Waals surface area contributed by atoms with Crippen molar-refractivity contribution in [1.29, 1.82) is 0 Å². The minimum absolute atomic E-state index is 0.111. The van der Waals surface area contributed by atoms with Crippen LogP contribution in [0.5, 0.6) is 0 Å². The quantitative estimate of drug-likeness (QED) is 0.398. The minimum atomic E-state index is -0.186. The summed E-state index contributed by atoms with van der Waals surface area (Å²) in [4.78, 5) is 19.1. The molecule has 7 nitrogen and oxygen atoms in total. The second-order valence-electron chi connectivity index (χ2n) is 7.91. The van der Waals surface area contributed by atoms with E-state index >= 15 is 0 Å². The fourth-order valence-corrected chi connectivity index (χ4v) is 3.42. The van der Waals surface area contributed by atoms with Gasteiger partial charge in [0, 0.05) is 37.4 Å². The molecule has 0 bridgehead atoms. The van der Waals surface area contributed by atoms with Crippen LogP contribution in [0.25, 0.3) is 0 Å². The van der Waals surface area contributed by atoms with Crippen LogP contribution in [0.3, 0.4) is 0 Å². The van der Waals surface area contributed by atoms with Crippen molar-refractivity contribution < 1.29 is 4.79 Å². The number of likely N-dealkylation sites (tertiary alicyclic amines) is 1. The number of benzene rings is 1. The third-order valence-corrected chi connectivity index (χ3v) is 4.86. The Morgan fingerprint density at radius 3 is 2.45 bits per heavy atom. The highest BCUT2D eigenvalue weighted by molar-refractivity contribution is 5.89. The molecule has 0 aliphatic carbocycles. The van der Waals surface area contributed by atoms with Gasteiger partial charge in [0.1, 0.15) is 0 Å². The SMILES string of the molecule is CCCN1CCC(NC(=NCc2ccc(NC(=O)NC(C)C)cc2)NCC)CC1. The van der Waals surface area contributed by atoms with Gasteiger partial charge in [-0.1, -0.05) is 19.1 Å². The van der Waals surface area contributed by atoms with Gasteiger partial charge in [0.15, 0.2) is 5.96 Å². The lowest BCUT2D eigenvalue weighted by Gasteiger charge is -2.32. The molecule has 7 heteroatoms. The van der Waals surface area contributed by atoms with Crippen LogP contribution in [-0.2, 0) is 6.54 Å².